The van der Waals surface area contributed by atoms with E-state index in [4.69, 9.17) is 33.0 Å². The first-order valence-electron chi connectivity index (χ1n) is 10.8. The number of amides is 2. The Labute approximate surface area is 203 Å². The Hall–Kier alpha value is -3.02. The van der Waals surface area contributed by atoms with E-state index in [2.05, 4.69) is 5.32 Å². The zero-order valence-corrected chi connectivity index (χ0v) is 19.8. The number of urea groups is 1. The van der Waals surface area contributed by atoms with E-state index < -0.39 is 0 Å². The number of fused-ring (bicyclic) bond motifs is 1. The van der Waals surface area contributed by atoms with Crippen LogP contribution in [-0.2, 0) is 6.42 Å². The summed E-state index contributed by atoms with van der Waals surface area (Å²) in [5, 5.41) is 10.5. The van der Waals surface area contributed by atoms with E-state index in [9.17, 15) is 4.79 Å². The van der Waals surface area contributed by atoms with Crippen LogP contribution in [0.25, 0.3) is 0 Å². The van der Waals surface area contributed by atoms with Crippen LogP contribution in [0.4, 0.5) is 10.5 Å². The number of nitrogens with zero attached hydrogens (tertiary/aromatic N) is 2. The zero-order chi connectivity index (χ0) is 23.2. The third-order valence-electron chi connectivity index (χ3n) is 5.88. The number of hydrogen-bond acceptors (Lipinski definition) is 3. The van der Waals surface area contributed by atoms with Gasteiger partial charge in [0.05, 0.1) is 17.4 Å². The predicted octanol–water partition coefficient (Wildman–Crippen LogP) is 7.09. The van der Waals surface area contributed by atoms with Crippen molar-refractivity contribution in [3.63, 3.8) is 0 Å². The van der Waals surface area contributed by atoms with Crippen molar-refractivity contribution in [2.75, 3.05) is 5.32 Å². The van der Waals surface area contributed by atoms with E-state index in [0.29, 0.717) is 22.2 Å². The Morgan fingerprint density at radius 1 is 1.03 bits per heavy atom. The lowest BCUT2D eigenvalue weighted by molar-refractivity contribution is 0.139. The molecular formula is C26H23Cl2N3O2. The molecule has 0 spiro atoms. The van der Waals surface area contributed by atoms with Gasteiger partial charge in [-0.1, -0.05) is 59.6 Å². The number of benzene rings is 3. The number of para-hydroxylation sites is 1. The summed E-state index contributed by atoms with van der Waals surface area (Å²) < 4.78 is 6.12. The van der Waals surface area contributed by atoms with Gasteiger partial charge in [-0.05, 0) is 55.3 Å². The van der Waals surface area contributed by atoms with Gasteiger partial charge in [0.1, 0.15) is 11.4 Å². The summed E-state index contributed by atoms with van der Waals surface area (Å²) in [4.78, 5) is 13.5. The highest BCUT2D eigenvalue weighted by molar-refractivity contribution is 6.31. The van der Waals surface area contributed by atoms with E-state index in [-0.39, 0.29) is 17.7 Å². The van der Waals surface area contributed by atoms with Crippen LogP contribution in [0.2, 0.25) is 10.0 Å². The minimum Gasteiger partial charge on any atom is -0.485 e. The van der Waals surface area contributed by atoms with Crippen molar-refractivity contribution >= 4 is 40.6 Å². The first-order valence-corrected chi connectivity index (χ1v) is 11.5. The smallest absolute Gasteiger partial charge is 0.342 e. The summed E-state index contributed by atoms with van der Waals surface area (Å²) in [6, 6.07) is 20.2. The topological polar surface area (TPSA) is 53.9 Å². The van der Waals surface area contributed by atoms with Gasteiger partial charge in [-0.3, -0.25) is 0 Å². The molecule has 0 saturated heterocycles. The van der Waals surface area contributed by atoms with Crippen LogP contribution in [0.5, 0.6) is 5.75 Å². The molecule has 1 unspecified atom stereocenters. The first kappa shape index (κ1) is 21.8. The quantitative estimate of drug-likeness (QED) is 0.435. The van der Waals surface area contributed by atoms with Gasteiger partial charge in [-0.2, -0.15) is 5.10 Å². The average molecular weight is 480 g/mol. The second-order valence-corrected chi connectivity index (χ2v) is 9.81. The second-order valence-electron chi connectivity index (χ2n) is 8.93. The van der Waals surface area contributed by atoms with Crippen LogP contribution in [0.1, 0.15) is 43.0 Å². The Balaban J connectivity index is 1.46. The van der Waals surface area contributed by atoms with Crippen molar-refractivity contribution in [2.45, 2.75) is 38.3 Å². The maximum absolute atomic E-state index is 13.5. The van der Waals surface area contributed by atoms with Crippen molar-refractivity contribution in [2.24, 2.45) is 5.10 Å². The number of ether oxygens (including phenoxy) is 1. The van der Waals surface area contributed by atoms with Gasteiger partial charge in [0, 0.05) is 28.5 Å². The van der Waals surface area contributed by atoms with Crippen LogP contribution >= 0.6 is 23.2 Å². The lowest BCUT2D eigenvalue weighted by atomic mass is 9.98. The second kappa shape index (κ2) is 8.40. The van der Waals surface area contributed by atoms with Crippen LogP contribution in [-0.4, -0.2) is 22.4 Å². The summed E-state index contributed by atoms with van der Waals surface area (Å²) in [5.74, 6) is 0.722. The molecule has 33 heavy (non-hydrogen) atoms. The molecule has 0 saturated carbocycles. The van der Waals surface area contributed by atoms with Gasteiger partial charge in [0.15, 0.2) is 0 Å². The van der Waals surface area contributed by atoms with Gasteiger partial charge in [-0.25, -0.2) is 9.80 Å². The third-order valence-corrected chi connectivity index (χ3v) is 6.39. The maximum Gasteiger partial charge on any atom is 0.342 e. The number of hydrazone groups is 1. The van der Waals surface area contributed by atoms with E-state index in [1.54, 1.807) is 0 Å². The molecule has 3 aromatic carbocycles. The lowest BCUT2D eigenvalue weighted by Gasteiger charge is -2.23. The van der Waals surface area contributed by atoms with Gasteiger partial charge < -0.3 is 10.1 Å². The minimum atomic E-state index is -0.319. The Morgan fingerprint density at radius 2 is 1.70 bits per heavy atom. The summed E-state index contributed by atoms with van der Waals surface area (Å²) >= 11 is 12.1. The molecule has 168 valence electrons. The number of rotatable bonds is 3. The van der Waals surface area contributed by atoms with Gasteiger partial charge >= 0.3 is 6.03 Å². The summed E-state index contributed by atoms with van der Waals surface area (Å²) in [5.41, 5.74) is 4.13. The van der Waals surface area contributed by atoms with E-state index in [1.807, 2.05) is 80.6 Å². The standard InChI is InChI=1S/C26H23Cl2N3O2/c1-26(2)15-18-4-3-5-21(24(18)33-26)29-25(32)31-23(17-8-12-20(28)13-9-17)14-22(30-31)16-6-10-19(27)11-7-16/h3-13,23H,14-15H2,1-2H3,(H,29,32). The molecule has 1 atom stereocenters. The zero-order valence-electron chi connectivity index (χ0n) is 18.3. The highest BCUT2D eigenvalue weighted by atomic mass is 35.5. The molecule has 2 aliphatic rings. The van der Waals surface area contributed by atoms with E-state index in [0.717, 1.165) is 34.6 Å². The summed E-state index contributed by atoms with van der Waals surface area (Å²) in [6.45, 7) is 4.08. The van der Waals surface area contributed by atoms with Crippen molar-refractivity contribution in [3.05, 3.63) is 93.5 Å². The normalized spacial score (nSPS) is 18.5. The maximum atomic E-state index is 13.5. The molecule has 3 aromatic rings. The fourth-order valence-corrected chi connectivity index (χ4v) is 4.60. The summed E-state index contributed by atoms with van der Waals surface area (Å²) in [7, 11) is 0. The third kappa shape index (κ3) is 4.43. The Bertz CT molecular complexity index is 1240. The van der Waals surface area contributed by atoms with Crippen molar-refractivity contribution < 1.29 is 9.53 Å². The van der Waals surface area contributed by atoms with Crippen LogP contribution in [0.15, 0.2) is 71.8 Å². The van der Waals surface area contributed by atoms with Crippen LogP contribution in [0.3, 0.4) is 0 Å². The molecule has 5 rings (SSSR count). The predicted molar refractivity (Wildman–Crippen MR) is 133 cm³/mol. The molecule has 0 radical (unpaired) electrons. The van der Waals surface area contributed by atoms with Crippen LogP contribution in [0, 0.1) is 0 Å². The molecule has 5 nitrogen and oxygen atoms in total. The van der Waals surface area contributed by atoms with E-state index in [1.165, 1.54) is 5.01 Å². The number of halogens is 2. The number of carbonyl (C=O) groups is 1. The van der Waals surface area contributed by atoms with Crippen molar-refractivity contribution in [1.82, 2.24) is 5.01 Å². The fourth-order valence-electron chi connectivity index (χ4n) is 4.35. The average Bonchev–Trinajstić information content (AvgIpc) is 3.36. The number of anilines is 1. The fraction of sp³-hybridized carbons (Fsp3) is 0.231. The Kier molecular flexibility index (Phi) is 5.55. The summed E-state index contributed by atoms with van der Waals surface area (Å²) in [6.07, 6.45) is 1.37. The number of carbonyl (C=O) groups excluding carboxylic acids is 1. The molecule has 2 heterocycles. The molecular weight excluding hydrogens is 457 g/mol. The molecule has 0 bridgehead atoms. The molecule has 2 amide bonds. The van der Waals surface area contributed by atoms with Gasteiger partial charge in [-0.15, -0.1) is 0 Å². The van der Waals surface area contributed by atoms with Gasteiger partial charge in [0.25, 0.3) is 0 Å². The molecule has 0 fully saturated rings. The lowest BCUT2D eigenvalue weighted by Crippen LogP contribution is -2.31. The Morgan fingerprint density at radius 3 is 2.39 bits per heavy atom. The van der Waals surface area contributed by atoms with Gasteiger partial charge in [0.2, 0.25) is 0 Å². The first-order chi connectivity index (χ1) is 15.8. The van der Waals surface area contributed by atoms with Crippen molar-refractivity contribution in [3.8, 4) is 5.75 Å². The van der Waals surface area contributed by atoms with Crippen LogP contribution < -0.4 is 10.1 Å². The number of nitrogens with one attached hydrogen (secondary N) is 1. The monoisotopic (exact) mass is 479 g/mol. The molecule has 0 aliphatic carbocycles. The SMILES string of the molecule is CC1(C)Cc2cccc(NC(=O)N3N=C(c4ccc(Cl)cc4)CC3c3ccc(Cl)cc3)c2O1. The molecule has 0 aromatic heterocycles. The largest absolute Gasteiger partial charge is 0.485 e. The van der Waals surface area contributed by atoms with E-state index >= 15 is 0 Å². The molecule has 7 heteroatoms. The number of hydrogen-bond donors (Lipinski definition) is 1. The molecule has 2 aliphatic heterocycles. The van der Waals surface area contributed by atoms with Crippen molar-refractivity contribution in [1.29, 1.82) is 0 Å². The minimum absolute atomic E-state index is 0.262. The highest BCUT2D eigenvalue weighted by Gasteiger charge is 2.35. The highest BCUT2D eigenvalue weighted by Crippen LogP contribution is 2.41. The molecule has 1 N–H and O–H groups in total.